The third kappa shape index (κ3) is 4.91. The first-order valence-corrected chi connectivity index (χ1v) is 8.09. The van der Waals surface area contributed by atoms with Gasteiger partial charge >= 0.3 is 12.2 Å². The summed E-state index contributed by atoms with van der Waals surface area (Å²) in [5, 5.41) is 15.0. The van der Waals surface area contributed by atoms with Crippen LogP contribution >= 0.6 is 0 Å². The Kier molecular flexibility index (Phi) is 6.32. The molecule has 0 aliphatic rings. The number of nitrogens with zero attached hydrogens (tertiary/aromatic N) is 2. The number of methoxy groups -OCH3 is 1. The third-order valence-electron chi connectivity index (χ3n) is 4.04. The highest BCUT2D eigenvalue weighted by molar-refractivity contribution is 5.73. The second-order valence-corrected chi connectivity index (χ2v) is 5.93. The first-order chi connectivity index (χ1) is 12.7. The molecule has 0 fully saturated rings. The molecule has 2 amide bonds. The van der Waals surface area contributed by atoms with E-state index in [9.17, 15) is 23.1 Å². The van der Waals surface area contributed by atoms with Crippen LogP contribution in [0, 0.1) is 0 Å². The van der Waals surface area contributed by atoms with E-state index >= 15 is 0 Å². The summed E-state index contributed by atoms with van der Waals surface area (Å²) in [6.07, 6.45) is -3.23. The van der Waals surface area contributed by atoms with Gasteiger partial charge in [0.25, 0.3) is 0 Å². The van der Waals surface area contributed by atoms with Crippen molar-refractivity contribution in [3.05, 3.63) is 48.0 Å². The molecule has 3 N–H and O–H groups in total. The molecule has 1 aromatic carbocycles. The third-order valence-corrected chi connectivity index (χ3v) is 4.04. The number of imidazole rings is 1. The van der Waals surface area contributed by atoms with E-state index in [0.29, 0.717) is 5.75 Å². The molecule has 0 saturated carbocycles. The molecule has 148 valence electrons. The number of aryl methyl sites for hydroxylation is 1. The fourth-order valence-corrected chi connectivity index (χ4v) is 2.49. The molecule has 0 aliphatic heterocycles. The van der Waals surface area contributed by atoms with Crippen LogP contribution in [0.3, 0.4) is 0 Å². The normalized spacial score (nSPS) is 13.7. The lowest BCUT2D eigenvalue weighted by Crippen LogP contribution is -2.47. The van der Waals surface area contributed by atoms with Gasteiger partial charge in [-0.3, -0.25) is 0 Å². The van der Waals surface area contributed by atoms with E-state index in [1.165, 1.54) is 26.6 Å². The monoisotopic (exact) mass is 386 g/mol. The van der Waals surface area contributed by atoms with Crippen LogP contribution in [0.5, 0.6) is 5.75 Å². The Labute approximate surface area is 154 Å². The maximum Gasteiger partial charge on any atom is 0.424 e. The van der Waals surface area contributed by atoms with Crippen LogP contribution in [0.2, 0.25) is 0 Å². The van der Waals surface area contributed by atoms with Gasteiger partial charge in [0, 0.05) is 39.0 Å². The fraction of sp³-hybridized carbons (Fsp3) is 0.412. The van der Waals surface area contributed by atoms with E-state index < -0.39 is 36.6 Å². The van der Waals surface area contributed by atoms with Crippen LogP contribution in [0.15, 0.2) is 36.7 Å². The molecule has 10 heteroatoms. The first kappa shape index (κ1) is 20.6. The van der Waals surface area contributed by atoms with Crippen molar-refractivity contribution in [2.24, 2.45) is 7.05 Å². The lowest BCUT2D eigenvalue weighted by Gasteiger charge is -2.29. The maximum atomic E-state index is 13.4. The minimum Gasteiger partial charge on any atom is -0.497 e. The lowest BCUT2D eigenvalue weighted by molar-refractivity contribution is -0.272. The van der Waals surface area contributed by atoms with Crippen molar-refractivity contribution in [3.63, 3.8) is 0 Å². The number of nitrogens with one attached hydrogen (secondary N) is 2. The van der Waals surface area contributed by atoms with E-state index in [-0.39, 0.29) is 6.54 Å². The smallest absolute Gasteiger partial charge is 0.424 e. The number of halogens is 3. The zero-order valence-corrected chi connectivity index (χ0v) is 14.9. The van der Waals surface area contributed by atoms with Crippen molar-refractivity contribution in [2.75, 3.05) is 13.7 Å². The van der Waals surface area contributed by atoms with Crippen LogP contribution in [-0.4, -0.2) is 40.5 Å². The number of benzene rings is 1. The van der Waals surface area contributed by atoms with E-state index in [4.69, 9.17) is 4.74 Å². The van der Waals surface area contributed by atoms with Gasteiger partial charge in [0.05, 0.1) is 7.11 Å². The summed E-state index contributed by atoms with van der Waals surface area (Å²) in [4.78, 5) is 15.4. The van der Waals surface area contributed by atoms with E-state index in [0.717, 1.165) is 10.1 Å². The predicted octanol–water partition coefficient (Wildman–Crippen LogP) is 2.07. The van der Waals surface area contributed by atoms with Gasteiger partial charge in [0.1, 0.15) is 11.6 Å². The minimum atomic E-state index is -4.94. The Bertz CT molecular complexity index is 762. The lowest BCUT2D eigenvalue weighted by atomic mass is 9.97. The first-order valence-electron chi connectivity index (χ1n) is 8.09. The second kappa shape index (κ2) is 8.30. The quantitative estimate of drug-likeness (QED) is 0.680. The van der Waals surface area contributed by atoms with E-state index in [2.05, 4.69) is 15.6 Å². The average Bonchev–Trinajstić information content (AvgIpc) is 3.05. The molecule has 27 heavy (non-hydrogen) atoms. The Balaban J connectivity index is 1.89. The molecular formula is C17H21F3N4O3. The van der Waals surface area contributed by atoms with Crippen LogP contribution in [0.1, 0.15) is 17.8 Å². The van der Waals surface area contributed by atoms with Crippen LogP contribution in [-0.2, 0) is 19.2 Å². The van der Waals surface area contributed by atoms with Gasteiger partial charge in [-0.05, 0) is 17.7 Å². The summed E-state index contributed by atoms with van der Waals surface area (Å²) in [7, 11) is 2.89. The van der Waals surface area contributed by atoms with Gasteiger partial charge < -0.3 is 25.0 Å². The van der Waals surface area contributed by atoms with Gasteiger partial charge in [0.15, 0.2) is 0 Å². The summed E-state index contributed by atoms with van der Waals surface area (Å²) < 4.78 is 46.2. The number of hydrogen-bond donors (Lipinski definition) is 3. The van der Waals surface area contributed by atoms with Crippen molar-refractivity contribution in [3.8, 4) is 5.75 Å². The maximum absolute atomic E-state index is 13.4. The molecule has 0 saturated heterocycles. The van der Waals surface area contributed by atoms with Crippen LogP contribution in [0.4, 0.5) is 18.0 Å². The highest BCUT2D eigenvalue weighted by Crippen LogP contribution is 2.40. The number of rotatable bonds is 7. The van der Waals surface area contributed by atoms with Gasteiger partial charge in [-0.1, -0.05) is 12.1 Å². The Morgan fingerprint density at radius 2 is 1.93 bits per heavy atom. The molecule has 1 unspecified atom stereocenters. The molecule has 0 radical (unpaired) electrons. The minimum absolute atomic E-state index is 0.193. The Hall–Kier alpha value is -2.75. The van der Waals surface area contributed by atoms with Gasteiger partial charge in [-0.25, -0.2) is 9.78 Å². The topological polar surface area (TPSA) is 88.4 Å². The summed E-state index contributed by atoms with van der Waals surface area (Å²) in [5.41, 5.74) is -2.36. The molecule has 0 spiro atoms. The van der Waals surface area contributed by atoms with Crippen molar-refractivity contribution in [2.45, 2.75) is 24.7 Å². The largest absolute Gasteiger partial charge is 0.497 e. The van der Waals surface area contributed by atoms with Crippen molar-refractivity contribution in [1.29, 1.82) is 0 Å². The molecule has 7 nitrogen and oxygen atoms in total. The Morgan fingerprint density at radius 1 is 1.26 bits per heavy atom. The van der Waals surface area contributed by atoms with Crippen molar-refractivity contribution < 1.29 is 27.8 Å². The fourth-order valence-electron chi connectivity index (χ4n) is 2.49. The molecule has 2 aromatic rings. The Morgan fingerprint density at radius 3 is 2.44 bits per heavy atom. The number of aliphatic hydroxyl groups is 1. The number of alkyl halides is 3. The van der Waals surface area contributed by atoms with Crippen LogP contribution < -0.4 is 15.4 Å². The number of amides is 2. The molecule has 1 atom stereocenters. The summed E-state index contributed by atoms with van der Waals surface area (Å²) in [5.74, 6) is 0.138. The number of carbonyl (C=O) groups excluding carboxylic acids is 1. The number of ether oxygens (including phenoxy) is 1. The highest BCUT2D eigenvalue weighted by atomic mass is 19.4. The van der Waals surface area contributed by atoms with E-state index in [1.807, 2.05) is 0 Å². The highest BCUT2D eigenvalue weighted by Gasteiger charge is 2.57. The van der Waals surface area contributed by atoms with E-state index in [1.54, 1.807) is 24.3 Å². The van der Waals surface area contributed by atoms with Crippen molar-refractivity contribution in [1.82, 2.24) is 20.2 Å². The average molecular weight is 386 g/mol. The summed E-state index contributed by atoms with van der Waals surface area (Å²) in [6, 6.07) is 6.32. The number of hydrogen-bond acceptors (Lipinski definition) is 4. The molecular weight excluding hydrogens is 365 g/mol. The molecule has 2 rings (SSSR count). The number of carbonyl (C=O) groups is 1. The molecule has 1 heterocycles. The second-order valence-electron chi connectivity index (χ2n) is 5.93. The molecule has 1 aromatic heterocycles. The number of urea groups is 1. The standard InChI is InChI=1S/C17H21F3N4O3/c1-24-10-9-21-14(24)16(26,17(18,19)20)7-8-22-15(25)23-11-12-3-5-13(27-2)6-4-12/h3-6,9-10,26H,7-8,11H2,1-2H3,(H2,22,23,25). The molecule has 0 aliphatic carbocycles. The van der Waals surface area contributed by atoms with Gasteiger partial charge in [0.2, 0.25) is 5.60 Å². The molecule has 0 bridgehead atoms. The zero-order chi connectivity index (χ0) is 20.1. The predicted molar refractivity (Wildman–Crippen MR) is 91.0 cm³/mol. The summed E-state index contributed by atoms with van der Waals surface area (Å²) in [6.45, 7) is -0.198. The zero-order valence-electron chi connectivity index (χ0n) is 14.9. The number of aromatic nitrogens is 2. The van der Waals surface area contributed by atoms with Crippen molar-refractivity contribution >= 4 is 6.03 Å². The SMILES string of the molecule is COc1ccc(CNC(=O)NCCC(O)(c2nccn2C)C(F)(F)F)cc1. The van der Waals surface area contributed by atoms with Crippen LogP contribution in [0.25, 0.3) is 0 Å². The van der Waals surface area contributed by atoms with Gasteiger partial charge in [-0.15, -0.1) is 0 Å². The van der Waals surface area contributed by atoms with Gasteiger partial charge in [-0.2, -0.15) is 13.2 Å². The summed E-state index contributed by atoms with van der Waals surface area (Å²) >= 11 is 0.